The van der Waals surface area contributed by atoms with E-state index in [4.69, 9.17) is 0 Å². The Hall–Kier alpha value is -2.73. The van der Waals surface area contributed by atoms with Crippen molar-refractivity contribution in [3.8, 4) is 0 Å². The maximum atomic E-state index is 12.9. The van der Waals surface area contributed by atoms with Crippen LogP contribution in [0, 0.1) is 5.82 Å². The minimum absolute atomic E-state index is 0.135. The Labute approximate surface area is 165 Å². The molecular weight excluding hydrogens is 357 g/mol. The van der Waals surface area contributed by atoms with E-state index in [-0.39, 0.29) is 30.1 Å². The molecule has 0 radical (unpaired) electrons. The van der Waals surface area contributed by atoms with E-state index >= 15 is 0 Å². The van der Waals surface area contributed by atoms with Gasteiger partial charge in [0, 0.05) is 38.3 Å². The first-order valence-corrected chi connectivity index (χ1v) is 9.62. The highest BCUT2D eigenvalue weighted by molar-refractivity contribution is 5.92. The van der Waals surface area contributed by atoms with Crippen LogP contribution in [0.4, 0.5) is 10.1 Å². The molecule has 1 saturated heterocycles. The van der Waals surface area contributed by atoms with Gasteiger partial charge in [-0.25, -0.2) is 4.39 Å². The lowest BCUT2D eigenvalue weighted by Gasteiger charge is -2.34. The molecule has 0 saturated carbocycles. The van der Waals surface area contributed by atoms with Crippen LogP contribution in [0.3, 0.4) is 0 Å². The fourth-order valence-electron chi connectivity index (χ4n) is 3.38. The van der Waals surface area contributed by atoms with Gasteiger partial charge in [-0.1, -0.05) is 37.3 Å². The van der Waals surface area contributed by atoms with Crippen LogP contribution in [0.5, 0.6) is 0 Å². The van der Waals surface area contributed by atoms with Crippen molar-refractivity contribution in [2.75, 3.05) is 38.0 Å². The van der Waals surface area contributed by atoms with Crippen molar-refractivity contribution < 1.29 is 14.0 Å². The number of hydrogen-bond donors (Lipinski definition) is 1. The Kier molecular flexibility index (Phi) is 6.76. The molecule has 1 N–H and O–H groups in total. The Bertz CT molecular complexity index is 787. The summed E-state index contributed by atoms with van der Waals surface area (Å²) in [6, 6.07) is 15.8. The predicted molar refractivity (Wildman–Crippen MR) is 108 cm³/mol. The van der Waals surface area contributed by atoms with Gasteiger partial charge < -0.3 is 10.2 Å². The number of nitrogens with zero attached hydrogens (tertiary/aromatic N) is 2. The number of nitrogens with one attached hydrogen (secondary N) is 1. The summed E-state index contributed by atoms with van der Waals surface area (Å²) in [4.78, 5) is 28.6. The smallest absolute Gasteiger partial charge is 0.238 e. The minimum atomic E-state index is -0.333. The van der Waals surface area contributed by atoms with Crippen molar-refractivity contribution in [1.29, 1.82) is 0 Å². The fraction of sp³-hybridized carbons (Fsp3) is 0.364. The molecule has 0 bridgehead atoms. The zero-order valence-electron chi connectivity index (χ0n) is 16.1. The normalized spacial score (nSPS) is 15.9. The second-order valence-corrected chi connectivity index (χ2v) is 7.23. The highest BCUT2D eigenvalue weighted by atomic mass is 19.1. The zero-order chi connectivity index (χ0) is 19.9. The number of benzene rings is 2. The zero-order valence-corrected chi connectivity index (χ0v) is 16.1. The van der Waals surface area contributed by atoms with E-state index in [1.54, 1.807) is 0 Å². The van der Waals surface area contributed by atoms with Gasteiger partial charge >= 0.3 is 0 Å². The van der Waals surface area contributed by atoms with Crippen LogP contribution >= 0.6 is 0 Å². The molecule has 0 aliphatic carbocycles. The van der Waals surface area contributed by atoms with E-state index in [0.717, 1.165) is 0 Å². The second-order valence-electron chi connectivity index (χ2n) is 7.23. The third-order valence-corrected chi connectivity index (χ3v) is 5.07. The van der Waals surface area contributed by atoms with E-state index in [1.807, 2.05) is 28.0 Å². The molecule has 1 unspecified atom stereocenters. The highest BCUT2D eigenvalue weighted by Gasteiger charge is 2.23. The maximum absolute atomic E-state index is 12.9. The molecule has 0 aromatic heterocycles. The van der Waals surface area contributed by atoms with Crippen LogP contribution < -0.4 is 5.32 Å². The molecule has 1 aliphatic rings. The van der Waals surface area contributed by atoms with E-state index in [9.17, 15) is 14.0 Å². The first kappa shape index (κ1) is 20.0. The van der Waals surface area contributed by atoms with Crippen molar-refractivity contribution in [3.05, 3.63) is 66.0 Å². The maximum Gasteiger partial charge on any atom is 0.238 e. The summed E-state index contributed by atoms with van der Waals surface area (Å²) in [5.41, 5.74) is 1.75. The number of anilines is 1. The molecule has 1 atom stereocenters. The topological polar surface area (TPSA) is 52.7 Å². The number of carbonyl (C=O) groups is 2. The van der Waals surface area contributed by atoms with Crippen LogP contribution in [0.25, 0.3) is 0 Å². The lowest BCUT2D eigenvalue weighted by Crippen LogP contribution is -2.50. The molecular formula is C22H26FN3O2. The van der Waals surface area contributed by atoms with Gasteiger partial charge in [0.25, 0.3) is 0 Å². The predicted octanol–water partition coefficient (Wildman–Crippen LogP) is 3.10. The molecule has 3 rings (SSSR count). The van der Waals surface area contributed by atoms with E-state index in [1.165, 1.54) is 29.8 Å². The third-order valence-electron chi connectivity index (χ3n) is 5.07. The lowest BCUT2D eigenvalue weighted by atomic mass is 9.97. The van der Waals surface area contributed by atoms with Gasteiger partial charge in [-0.15, -0.1) is 0 Å². The third kappa shape index (κ3) is 5.63. The summed E-state index contributed by atoms with van der Waals surface area (Å²) < 4.78 is 12.9. The lowest BCUT2D eigenvalue weighted by molar-refractivity contribution is -0.133. The van der Waals surface area contributed by atoms with Crippen LogP contribution in [0.2, 0.25) is 0 Å². The first-order valence-electron chi connectivity index (χ1n) is 9.62. The average Bonchev–Trinajstić information content (AvgIpc) is 2.71. The van der Waals surface area contributed by atoms with Crippen LogP contribution in [-0.4, -0.2) is 54.3 Å². The summed E-state index contributed by atoms with van der Waals surface area (Å²) >= 11 is 0. The Balaban J connectivity index is 1.41. The quantitative estimate of drug-likeness (QED) is 0.834. The summed E-state index contributed by atoms with van der Waals surface area (Å²) in [5, 5.41) is 2.77. The molecule has 5 nitrogen and oxygen atoms in total. The van der Waals surface area contributed by atoms with Gasteiger partial charge in [0.2, 0.25) is 11.8 Å². The molecule has 148 valence electrons. The molecule has 1 fully saturated rings. The van der Waals surface area contributed by atoms with Crippen molar-refractivity contribution in [1.82, 2.24) is 9.80 Å². The van der Waals surface area contributed by atoms with E-state index < -0.39 is 0 Å². The van der Waals surface area contributed by atoms with Gasteiger partial charge in [0.1, 0.15) is 5.82 Å². The van der Waals surface area contributed by atoms with Gasteiger partial charge in [-0.05, 0) is 35.7 Å². The average molecular weight is 383 g/mol. The van der Waals surface area contributed by atoms with Crippen molar-refractivity contribution in [2.24, 2.45) is 0 Å². The van der Waals surface area contributed by atoms with E-state index in [2.05, 4.69) is 24.4 Å². The summed E-state index contributed by atoms with van der Waals surface area (Å²) in [7, 11) is 0. The molecule has 28 heavy (non-hydrogen) atoms. The fourth-order valence-corrected chi connectivity index (χ4v) is 3.38. The van der Waals surface area contributed by atoms with Crippen molar-refractivity contribution in [3.63, 3.8) is 0 Å². The second kappa shape index (κ2) is 9.46. The number of piperazine rings is 1. The Morgan fingerprint density at radius 1 is 1.00 bits per heavy atom. The summed E-state index contributed by atoms with van der Waals surface area (Å²) in [6.07, 6.45) is 0.495. The Morgan fingerprint density at radius 3 is 2.29 bits per heavy atom. The first-order chi connectivity index (χ1) is 13.5. The SMILES string of the molecule is CC(CC(=O)N1CCN(CC(=O)Nc2ccc(F)cc2)CC1)c1ccccc1. The van der Waals surface area contributed by atoms with Crippen LogP contribution in [-0.2, 0) is 9.59 Å². The number of carbonyl (C=O) groups excluding carboxylic acids is 2. The van der Waals surface area contributed by atoms with E-state index in [0.29, 0.717) is 38.3 Å². The highest BCUT2D eigenvalue weighted by Crippen LogP contribution is 2.20. The molecule has 1 aliphatic heterocycles. The number of rotatable bonds is 6. The molecule has 2 aromatic carbocycles. The number of halogens is 1. The van der Waals surface area contributed by atoms with Crippen molar-refractivity contribution >= 4 is 17.5 Å². The molecule has 0 spiro atoms. The molecule has 2 amide bonds. The Morgan fingerprint density at radius 2 is 1.64 bits per heavy atom. The molecule has 2 aromatic rings. The molecule has 6 heteroatoms. The van der Waals surface area contributed by atoms with Crippen molar-refractivity contribution in [2.45, 2.75) is 19.3 Å². The van der Waals surface area contributed by atoms with Crippen LogP contribution in [0.1, 0.15) is 24.8 Å². The number of amides is 2. The van der Waals surface area contributed by atoms with Gasteiger partial charge in [-0.3, -0.25) is 14.5 Å². The standard InChI is InChI=1S/C22H26FN3O2/c1-17(18-5-3-2-4-6-18)15-22(28)26-13-11-25(12-14-26)16-21(27)24-20-9-7-19(23)8-10-20/h2-10,17H,11-16H2,1H3,(H,24,27). The van der Waals surface area contributed by atoms with Gasteiger partial charge in [-0.2, -0.15) is 0 Å². The van der Waals surface area contributed by atoms with Gasteiger partial charge in [0.05, 0.1) is 6.54 Å². The van der Waals surface area contributed by atoms with Gasteiger partial charge in [0.15, 0.2) is 0 Å². The van der Waals surface area contributed by atoms with Crippen LogP contribution in [0.15, 0.2) is 54.6 Å². The minimum Gasteiger partial charge on any atom is -0.340 e. The monoisotopic (exact) mass is 383 g/mol. The molecule has 1 heterocycles. The number of hydrogen-bond acceptors (Lipinski definition) is 3. The largest absolute Gasteiger partial charge is 0.340 e. The summed E-state index contributed by atoms with van der Waals surface area (Å²) in [6.45, 7) is 4.93. The summed E-state index contributed by atoms with van der Waals surface area (Å²) in [5.74, 6) is -0.121.